The third-order valence-electron chi connectivity index (χ3n) is 14.7. The molecular weight excluding hydrogens is 894 g/mol. The summed E-state index contributed by atoms with van der Waals surface area (Å²) in [5.41, 5.74) is 0. The van der Waals surface area contributed by atoms with Gasteiger partial charge in [-0.1, -0.05) is 277 Å². The molecule has 0 radical (unpaired) electrons. The molecule has 0 aromatic carbocycles. The first kappa shape index (κ1) is 66.4. The maximum absolute atomic E-state index is 13.1. The van der Waals surface area contributed by atoms with Gasteiger partial charge >= 0.3 is 7.82 Å². The Bertz CT molecular complexity index is 1170. The fraction of sp³-hybridized carbons (Fsp3) is 0.982. The van der Waals surface area contributed by atoms with Crippen LogP contribution >= 0.6 is 7.82 Å². The lowest BCUT2D eigenvalue weighted by Crippen LogP contribution is -2.64. The molecule has 1 rings (SSSR count). The minimum Gasteiger partial charge on any atom is -0.391 e. The number of hydrogen-bond acceptors (Lipinski definition) is 10. The van der Waals surface area contributed by atoms with Crippen molar-refractivity contribution < 1.29 is 53.9 Å². The topological polar surface area (TPSA) is 206 Å². The number of phosphoric acid groups is 1. The number of phosphoric ester groups is 1. The first-order chi connectivity index (χ1) is 33.4. The largest absolute Gasteiger partial charge is 0.472 e. The van der Waals surface area contributed by atoms with E-state index in [0.29, 0.717) is 19.3 Å². The fourth-order valence-electron chi connectivity index (χ4n) is 9.91. The second kappa shape index (κ2) is 45.9. The maximum atomic E-state index is 13.1. The van der Waals surface area contributed by atoms with Crippen LogP contribution in [0.3, 0.4) is 0 Å². The molecule has 1 aliphatic rings. The molecule has 8 N–H and O–H groups in total. The van der Waals surface area contributed by atoms with Crippen molar-refractivity contribution in [3.05, 3.63) is 0 Å². The summed E-state index contributed by atoms with van der Waals surface area (Å²) < 4.78 is 23.1. The molecule has 0 aromatic rings. The molecule has 1 amide bonds. The van der Waals surface area contributed by atoms with Gasteiger partial charge in [0, 0.05) is 6.42 Å². The van der Waals surface area contributed by atoms with Gasteiger partial charge in [-0.05, 0) is 12.8 Å². The molecule has 13 heteroatoms. The Morgan fingerprint density at radius 2 is 0.696 bits per heavy atom. The number of aliphatic hydroxyl groups is 6. The zero-order valence-electron chi connectivity index (χ0n) is 44.6. The highest BCUT2D eigenvalue weighted by Gasteiger charge is 2.51. The Morgan fingerprint density at radius 1 is 0.435 bits per heavy atom. The van der Waals surface area contributed by atoms with Crippen LogP contribution in [-0.2, 0) is 18.4 Å². The number of amides is 1. The lowest BCUT2D eigenvalue weighted by Gasteiger charge is -2.41. The van der Waals surface area contributed by atoms with E-state index in [-0.39, 0.29) is 12.3 Å². The first-order valence-electron chi connectivity index (χ1n) is 29.5. The summed E-state index contributed by atoms with van der Waals surface area (Å²) >= 11 is 0. The van der Waals surface area contributed by atoms with Crippen LogP contribution in [0.5, 0.6) is 0 Å². The van der Waals surface area contributed by atoms with Crippen LogP contribution in [0.15, 0.2) is 0 Å². The highest BCUT2D eigenvalue weighted by atomic mass is 31.2. The van der Waals surface area contributed by atoms with Crippen molar-refractivity contribution in [1.29, 1.82) is 0 Å². The zero-order chi connectivity index (χ0) is 50.6. The summed E-state index contributed by atoms with van der Waals surface area (Å²) in [6, 6.07) is -1.03. The standard InChI is InChI=1S/C56H112NO11P/c1-3-5-7-9-11-13-15-17-19-20-21-22-23-24-25-26-27-28-29-30-32-34-36-38-40-42-44-46-50(59)57-48(47-67-69(65,66)68-56-54(63)52(61)51(60)53(62)55(56)64)49(58)45-43-41-39-37-35-33-31-18-16-14-12-10-8-6-4-2/h48-49,51-56,58,60-64H,3-47H2,1-2H3,(H,57,59)(H,65,66)/t48-,49+,51?,52+,53?,54?,55?,56?/m0/s1. The molecule has 6 unspecified atom stereocenters. The molecule has 0 spiro atoms. The van der Waals surface area contributed by atoms with Crippen molar-refractivity contribution >= 4 is 13.7 Å². The second-order valence-corrected chi connectivity index (χ2v) is 22.6. The van der Waals surface area contributed by atoms with E-state index in [9.17, 15) is 44.9 Å². The number of aliphatic hydroxyl groups excluding tert-OH is 6. The van der Waals surface area contributed by atoms with Gasteiger partial charge in [-0.3, -0.25) is 13.8 Å². The summed E-state index contributed by atoms with van der Waals surface area (Å²) in [4.78, 5) is 23.6. The molecule has 0 saturated heterocycles. The van der Waals surface area contributed by atoms with E-state index in [1.165, 1.54) is 218 Å². The van der Waals surface area contributed by atoms with Gasteiger partial charge in [0.05, 0.1) is 18.8 Å². The van der Waals surface area contributed by atoms with Gasteiger partial charge in [0.2, 0.25) is 5.91 Å². The van der Waals surface area contributed by atoms with Crippen LogP contribution < -0.4 is 5.32 Å². The zero-order valence-corrected chi connectivity index (χ0v) is 45.5. The van der Waals surface area contributed by atoms with Crippen LogP contribution in [0, 0.1) is 0 Å². The lowest BCUT2D eigenvalue weighted by molar-refractivity contribution is -0.220. The van der Waals surface area contributed by atoms with Crippen molar-refractivity contribution in [3.8, 4) is 0 Å². The maximum Gasteiger partial charge on any atom is 0.472 e. The SMILES string of the molecule is CCCCCCCCCCCCCCCCCCCCCCCCCCCCCC(=O)N[C@@H](COP(=O)(O)OC1C(O)C(O)C(O)[C@@H](O)C1O)[C@H](O)CCCCCCCCCCCCCCCCC. The molecule has 1 fully saturated rings. The van der Waals surface area contributed by atoms with E-state index in [0.717, 1.165) is 38.5 Å². The van der Waals surface area contributed by atoms with Gasteiger partial charge < -0.3 is 40.8 Å². The van der Waals surface area contributed by atoms with Crippen molar-refractivity contribution in [1.82, 2.24) is 5.32 Å². The lowest BCUT2D eigenvalue weighted by atomic mass is 9.85. The summed E-state index contributed by atoms with van der Waals surface area (Å²) in [5.74, 6) is -0.300. The smallest absolute Gasteiger partial charge is 0.391 e. The normalized spacial score (nSPS) is 21.3. The molecule has 69 heavy (non-hydrogen) atoms. The van der Waals surface area contributed by atoms with Crippen LogP contribution in [0.1, 0.15) is 296 Å². The van der Waals surface area contributed by atoms with Gasteiger partial charge in [0.15, 0.2) is 0 Å². The Balaban J connectivity index is 2.26. The Kier molecular flexibility index (Phi) is 44.2. The molecule has 1 saturated carbocycles. The van der Waals surface area contributed by atoms with Gasteiger partial charge in [0.1, 0.15) is 36.6 Å². The summed E-state index contributed by atoms with van der Waals surface area (Å²) in [7, 11) is -5.06. The van der Waals surface area contributed by atoms with Crippen molar-refractivity contribution in [3.63, 3.8) is 0 Å². The van der Waals surface area contributed by atoms with Crippen LogP contribution in [0.4, 0.5) is 0 Å². The highest BCUT2D eigenvalue weighted by molar-refractivity contribution is 7.47. The molecule has 9 atom stereocenters. The molecule has 1 aliphatic carbocycles. The predicted octanol–water partition coefficient (Wildman–Crippen LogP) is 13.4. The van der Waals surface area contributed by atoms with E-state index in [2.05, 4.69) is 19.2 Å². The molecular formula is C56H112NO11P. The van der Waals surface area contributed by atoms with E-state index < -0.39 is 63.2 Å². The average Bonchev–Trinajstić information content (AvgIpc) is 3.33. The summed E-state index contributed by atoms with van der Waals surface area (Å²) in [5, 5.41) is 64.4. The quantitative estimate of drug-likeness (QED) is 0.0213. The van der Waals surface area contributed by atoms with Crippen LogP contribution in [0.2, 0.25) is 0 Å². The molecule has 0 heterocycles. The van der Waals surface area contributed by atoms with Crippen molar-refractivity contribution in [2.45, 2.75) is 345 Å². The van der Waals surface area contributed by atoms with Crippen molar-refractivity contribution in [2.24, 2.45) is 0 Å². The highest BCUT2D eigenvalue weighted by Crippen LogP contribution is 2.47. The predicted molar refractivity (Wildman–Crippen MR) is 283 cm³/mol. The van der Waals surface area contributed by atoms with E-state index >= 15 is 0 Å². The summed E-state index contributed by atoms with van der Waals surface area (Å²) in [6.45, 7) is 3.94. The van der Waals surface area contributed by atoms with E-state index in [1.807, 2.05) is 0 Å². The second-order valence-electron chi connectivity index (χ2n) is 21.2. The third kappa shape index (κ3) is 36.8. The molecule has 412 valence electrons. The molecule has 0 aromatic heterocycles. The summed E-state index contributed by atoms with van der Waals surface area (Å²) in [6.07, 6.45) is 41.5. The monoisotopic (exact) mass is 1010 g/mol. The molecule has 12 nitrogen and oxygen atoms in total. The number of carbonyl (C=O) groups is 1. The third-order valence-corrected chi connectivity index (χ3v) is 15.7. The van der Waals surface area contributed by atoms with Crippen LogP contribution in [0.25, 0.3) is 0 Å². The van der Waals surface area contributed by atoms with Gasteiger partial charge in [-0.2, -0.15) is 0 Å². The first-order valence-corrected chi connectivity index (χ1v) is 31.0. The fourth-order valence-corrected chi connectivity index (χ4v) is 10.9. The Labute approximate surface area is 423 Å². The minimum absolute atomic E-state index is 0.243. The number of hydrogen-bond donors (Lipinski definition) is 8. The van der Waals surface area contributed by atoms with Gasteiger partial charge in [-0.25, -0.2) is 4.57 Å². The van der Waals surface area contributed by atoms with E-state index in [4.69, 9.17) is 9.05 Å². The average molecular weight is 1010 g/mol. The van der Waals surface area contributed by atoms with Gasteiger partial charge in [-0.15, -0.1) is 0 Å². The van der Waals surface area contributed by atoms with E-state index in [1.54, 1.807) is 0 Å². The number of nitrogens with one attached hydrogen (secondary N) is 1. The molecule has 0 aliphatic heterocycles. The number of rotatable bonds is 51. The minimum atomic E-state index is -5.06. The Hall–Kier alpha value is -0.660. The van der Waals surface area contributed by atoms with Gasteiger partial charge in [0.25, 0.3) is 0 Å². The van der Waals surface area contributed by atoms with Crippen LogP contribution in [-0.4, -0.2) is 96.8 Å². The number of unbranched alkanes of at least 4 members (excludes halogenated alkanes) is 40. The molecule has 0 bridgehead atoms. The Morgan fingerprint density at radius 3 is 1.00 bits per heavy atom. The van der Waals surface area contributed by atoms with Crippen molar-refractivity contribution in [2.75, 3.05) is 6.61 Å². The number of carbonyl (C=O) groups excluding carboxylic acids is 1.